The van der Waals surface area contributed by atoms with E-state index in [-0.39, 0.29) is 31.3 Å². The molecule has 0 aliphatic heterocycles. The molecule has 176 valence electrons. The average molecular weight is 577 g/mol. The van der Waals surface area contributed by atoms with Crippen LogP contribution in [0.5, 0.6) is 0 Å². The molecule has 2 saturated carbocycles. The van der Waals surface area contributed by atoms with Gasteiger partial charge in [0.2, 0.25) is 5.91 Å². The molecule has 2 atom stereocenters. The fourth-order valence-electron chi connectivity index (χ4n) is 3.85. The van der Waals surface area contributed by atoms with Gasteiger partial charge in [-0.3, -0.25) is 9.59 Å². The highest BCUT2D eigenvalue weighted by molar-refractivity contribution is 6.54. The molecular weight excluding hydrogens is 563 g/mol. The SMILES string of the molecule is O=C(NC1CC(F)(F)C1)c1cc(NC(=O)[C@H]2[C@H](c3cc(Cl)c(Cl)c(Cl)c3)C2(Cl)Cl)ccc1Cl. The third-order valence-corrected chi connectivity index (χ3v) is 8.07. The lowest BCUT2D eigenvalue weighted by molar-refractivity contribution is -0.117. The van der Waals surface area contributed by atoms with Crippen molar-refractivity contribution in [1.29, 1.82) is 0 Å². The molecule has 0 aromatic heterocycles. The molecule has 0 spiro atoms. The van der Waals surface area contributed by atoms with Crippen molar-refractivity contribution in [2.24, 2.45) is 5.92 Å². The highest BCUT2D eigenvalue weighted by Gasteiger charge is 2.67. The van der Waals surface area contributed by atoms with Crippen molar-refractivity contribution in [3.8, 4) is 0 Å². The van der Waals surface area contributed by atoms with Crippen LogP contribution in [0, 0.1) is 5.92 Å². The van der Waals surface area contributed by atoms with E-state index >= 15 is 0 Å². The number of carbonyl (C=O) groups is 2. The predicted molar refractivity (Wildman–Crippen MR) is 128 cm³/mol. The Hall–Kier alpha value is -1.02. The molecular formula is C21H14Cl6F2N2O2. The van der Waals surface area contributed by atoms with Crippen LogP contribution >= 0.6 is 69.6 Å². The van der Waals surface area contributed by atoms with Gasteiger partial charge in [-0.15, -0.1) is 23.2 Å². The summed E-state index contributed by atoms with van der Waals surface area (Å²) < 4.78 is 24.6. The largest absolute Gasteiger partial charge is 0.349 e. The first-order chi connectivity index (χ1) is 15.3. The van der Waals surface area contributed by atoms with E-state index in [9.17, 15) is 18.4 Å². The number of alkyl halides is 4. The number of hydrogen-bond donors (Lipinski definition) is 2. The monoisotopic (exact) mass is 574 g/mol. The number of carbonyl (C=O) groups excluding carboxylic acids is 2. The molecule has 2 aromatic carbocycles. The minimum absolute atomic E-state index is 0.0382. The Balaban J connectivity index is 1.47. The lowest BCUT2D eigenvalue weighted by Crippen LogP contribution is -2.50. The number of hydrogen-bond acceptors (Lipinski definition) is 2. The Morgan fingerprint density at radius 1 is 0.939 bits per heavy atom. The summed E-state index contributed by atoms with van der Waals surface area (Å²) in [5.41, 5.74) is 0.847. The van der Waals surface area contributed by atoms with Crippen molar-refractivity contribution in [3.05, 3.63) is 61.5 Å². The number of benzene rings is 2. The minimum Gasteiger partial charge on any atom is -0.349 e. The fourth-order valence-corrected chi connectivity index (χ4v) is 5.49. The molecule has 33 heavy (non-hydrogen) atoms. The summed E-state index contributed by atoms with van der Waals surface area (Å²) >= 11 is 36.9. The maximum atomic E-state index is 13.0. The molecule has 2 fully saturated rings. The van der Waals surface area contributed by atoms with Crippen LogP contribution in [0.2, 0.25) is 20.1 Å². The summed E-state index contributed by atoms with van der Waals surface area (Å²) in [6.45, 7) is 0. The van der Waals surface area contributed by atoms with Crippen molar-refractivity contribution in [1.82, 2.24) is 5.32 Å². The molecule has 0 saturated heterocycles. The number of anilines is 1. The Labute approximate surface area is 217 Å². The van der Waals surface area contributed by atoms with Gasteiger partial charge in [-0.05, 0) is 35.9 Å². The first kappa shape index (κ1) is 25.1. The molecule has 0 unspecified atom stereocenters. The van der Waals surface area contributed by atoms with E-state index in [1.54, 1.807) is 12.1 Å². The molecule has 2 aliphatic rings. The smallest absolute Gasteiger partial charge is 0.253 e. The van der Waals surface area contributed by atoms with Gasteiger partial charge in [-0.1, -0.05) is 46.4 Å². The van der Waals surface area contributed by atoms with Crippen molar-refractivity contribution < 1.29 is 18.4 Å². The van der Waals surface area contributed by atoms with Crippen LogP contribution in [0.25, 0.3) is 0 Å². The van der Waals surface area contributed by atoms with E-state index in [1.165, 1.54) is 18.2 Å². The van der Waals surface area contributed by atoms with Gasteiger partial charge >= 0.3 is 0 Å². The highest BCUT2D eigenvalue weighted by atomic mass is 35.5. The molecule has 0 heterocycles. The summed E-state index contributed by atoms with van der Waals surface area (Å²) in [4.78, 5) is 25.4. The maximum absolute atomic E-state index is 13.0. The number of rotatable bonds is 5. The molecule has 2 aliphatic carbocycles. The van der Waals surface area contributed by atoms with Gasteiger partial charge in [0.15, 0.2) is 0 Å². The molecule has 2 aromatic rings. The van der Waals surface area contributed by atoms with E-state index in [1.807, 2.05) is 0 Å². The molecule has 12 heteroatoms. The molecule has 2 amide bonds. The van der Waals surface area contributed by atoms with E-state index in [0.29, 0.717) is 5.56 Å². The third-order valence-electron chi connectivity index (χ3n) is 5.61. The van der Waals surface area contributed by atoms with Gasteiger partial charge in [0.1, 0.15) is 4.33 Å². The molecule has 2 N–H and O–H groups in total. The zero-order valence-corrected chi connectivity index (χ0v) is 20.9. The van der Waals surface area contributed by atoms with E-state index in [4.69, 9.17) is 69.6 Å². The Kier molecular flexibility index (Phi) is 6.75. The predicted octanol–water partition coefficient (Wildman–Crippen LogP) is 7.35. The quantitative estimate of drug-likeness (QED) is 0.289. The van der Waals surface area contributed by atoms with Crippen molar-refractivity contribution in [3.63, 3.8) is 0 Å². The van der Waals surface area contributed by atoms with Gasteiger partial charge < -0.3 is 10.6 Å². The second-order valence-corrected chi connectivity index (χ2v) is 11.1. The lowest BCUT2D eigenvalue weighted by Gasteiger charge is -2.35. The number of halogens is 8. The Bertz CT molecular complexity index is 1130. The highest BCUT2D eigenvalue weighted by Crippen LogP contribution is 2.65. The van der Waals surface area contributed by atoms with Gasteiger partial charge in [0, 0.05) is 30.5 Å². The normalized spacial score (nSPS) is 22.9. The van der Waals surface area contributed by atoms with E-state index < -0.39 is 52.8 Å². The van der Waals surface area contributed by atoms with Crippen molar-refractivity contribution in [2.45, 2.75) is 35.1 Å². The van der Waals surface area contributed by atoms with Crippen LogP contribution in [0.4, 0.5) is 14.5 Å². The zero-order chi connectivity index (χ0) is 24.3. The second kappa shape index (κ2) is 8.89. The first-order valence-electron chi connectivity index (χ1n) is 9.61. The number of amides is 2. The summed E-state index contributed by atoms with van der Waals surface area (Å²) in [6, 6.07) is 6.71. The van der Waals surface area contributed by atoms with Crippen LogP contribution in [-0.2, 0) is 4.79 Å². The standard InChI is InChI=1S/C21H14Cl6F2N2O2/c22-12-2-1-9(5-11(12)18(32)31-10-6-20(28,29)7-10)30-19(33)16-15(21(16,26)27)8-3-13(23)17(25)14(24)4-8/h1-5,10,15-16H,6-7H2,(H,30,33)(H,31,32)/t15-,16+/m0/s1. The summed E-state index contributed by atoms with van der Waals surface area (Å²) in [6.07, 6.45) is -0.857. The van der Waals surface area contributed by atoms with Gasteiger partial charge in [0.25, 0.3) is 11.8 Å². The maximum Gasteiger partial charge on any atom is 0.253 e. The Morgan fingerprint density at radius 3 is 2.12 bits per heavy atom. The summed E-state index contributed by atoms with van der Waals surface area (Å²) in [7, 11) is 0. The average Bonchev–Trinajstić information content (AvgIpc) is 3.27. The topological polar surface area (TPSA) is 58.2 Å². The van der Waals surface area contributed by atoms with E-state index in [0.717, 1.165) is 0 Å². The molecule has 0 bridgehead atoms. The first-order valence-corrected chi connectivity index (χ1v) is 11.9. The molecule has 4 rings (SSSR count). The molecule has 4 nitrogen and oxygen atoms in total. The van der Waals surface area contributed by atoms with Crippen molar-refractivity contribution in [2.75, 3.05) is 5.32 Å². The summed E-state index contributed by atoms with van der Waals surface area (Å²) in [5.74, 6) is -5.32. The van der Waals surface area contributed by atoms with Gasteiger partial charge in [-0.2, -0.15) is 0 Å². The molecule has 0 radical (unpaired) electrons. The van der Waals surface area contributed by atoms with Crippen LogP contribution in [-0.4, -0.2) is 28.1 Å². The Morgan fingerprint density at radius 2 is 1.55 bits per heavy atom. The van der Waals surface area contributed by atoms with E-state index in [2.05, 4.69) is 10.6 Å². The zero-order valence-electron chi connectivity index (χ0n) is 16.4. The van der Waals surface area contributed by atoms with Crippen LogP contribution in [0.3, 0.4) is 0 Å². The summed E-state index contributed by atoms with van der Waals surface area (Å²) in [5, 5.41) is 5.85. The van der Waals surface area contributed by atoms with Crippen LogP contribution in [0.1, 0.15) is 34.7 Å². The van der Waals surface area contributed by atoms with Gasteiger partial charge in [-0.25, -0.2) is 8.78 Å². The fraction of sp³-hybridized carbons (Fsp3) is 0.333. The lowest BCUT2D eigenvalue weighted by atomic mass is 9.88. The van der Waals surface area contributed by atoms with Gasteiger partial charge in [0.05, 0.1) is 31.6 Å². The third kappa shape index (κ3) is 5.02. The van der Waals surface area contributed by atoms with Crippen molar-refractivity contribution >= 4 is 87.1 Å². The number of nitrogens with one attached hydrogen (secondary N) is 2. The van der Waals surface area contributed by atoms with Crippen LogP contribution < -0.4 is 10.6 Å². The second-order valence-electron chi connectivity index (χ2n) is 8.05. The minimum atomic E-state index is -2.77. The van der Waals surface area contributed by atoms with Crippen LogP contribution in [0.15, 0.2) is 30.3 Å².